The van der Waals surface area contributed by atoms with Crippen LogP contribution in [0.1, 0.15) is 0 Å². The molecule has 0 aliphatic carbocycles. The summed E-state index contributed by atoms with van der Waals surface area (Å²) in [6.45, 7) is 0.311. The molecule has 5 nitrogen and oxygen atoms in total. The van der Waals surface area contributed by atoms with Gasteiger partial charge in [0.25, 0.3) is 0 Å². The van der Waals surface area contributed by atoms with E-state index in [2.05, 4.69) is 10.3 Å². The summed E-state index contributed by atoms with van der Waals surface area (Å²) in [5.74, 6) is 1.15. The number of thioether (sulfide) groups is 1. The molecule has 0 unspecified atom stereocenters. The van der Waals surface area contributed by atoms with Crippen LogP contribution in [-0.4, -0.2) is 43.8 Å². The Kier molecular flexibility index (Phi) is 3.32. The zero-order valence-electron chi connectivity index (χ0n) is 7.11. The number of hydrogen-bond donors (Lipinski definition) is 1. The van der Waals surface area contributed by atoms with Crippen molar-refractivity contribution in [1.82, 2.24) is 5.32 Å². The van der Waals surface area contributed by atoms with Crippen LogP contribution in [0.2, 0.25) is 0 Å². The van der Waals surface area contributed by atoms with Gasteiger partial charge in [-0.05, 0) is 0 Å². The average molecular weight is 222 g/mol. The predicted molar refractivity (Wildman–Crippen MR) is 53.0 cm³/mol. The second kappa shape index (κ2) is 4.10. The van der Waals surface area contributed by atoms with Crippen molar-refractivity contribution in [2.24, 2.45) is 4.99 Å². The molecule has 0 saturated heterocycles. The van der Waals surface area contributed by atoms with Crippen LogP contribution in [0, 0.1) is 0 Å². The lowest BCUT2D eigenvalue weighted by atomic mass is 10.6. The standard InChI is InChI=1S/C6H10N2O3S2/c1-13(10,11)3-2-7-5-4-12-6(9)8-5/h2-4H2,1H3,(H,7,8,9). The van der Waals surface area contributed by atoms with Gasteiger partial charge >= 0.3 is 5.24 Å². The van der Waals surface area contributed by atoms with Crippen LogP contribution in [-0.2, 0) is 9.84 Å². The fraction of sp³-hybridized carbons (Fsp3) is 0.667. The van der Waals surface area contributed by atoms with Crippen LogP contribution < -0.4 is 5.32 Å². The fourth-order valence-electron chi connectivity index (χ4n) is 0.776. The SMILES string of the molecule is CS(=O)(=O)CCNC1=NC(=O)SC1. The Balaban J connectivity index is 2.28. The smallest absolute Gasteiger partial charge is 0.306 e. The van der Waals surface area contributed by atoms with E-state index in [1.54, 1.807) is 0 Å². The quantitative estimate of drug-likeness (QED) is 0.721. The second-order valence-corrected chi connectivity index (χ2v) is 5.86. The zero-order chi connectivity index (χ0) is 9.90. The highest BCUT2D eigenvalue weighted by Crippen LogP contribution is 2.11. The minimum Gasteiger partial charge on any atom is -0.372 e. The molecule has 1 rings (SSSR count). The topological polar surface area (TPSA) is 75.6 Å². The van der Waals surface area contributed by atoms with Gasteiger partial charge in [0.2, 0.25) is 0 Å². The number of aliphatic imine (C=N–C) groups is 1. The number of amides is 1. The first kappa shape index (κ1) is 10.5. The normalized spacial score (nSPS) is 17.3. The molecule has 0 atom stereocenters. The van der Waals surface area contributed by atoms with Crippen LogP contribution >= 0.6 is 11.8 Å². The molecule has 0 fully saturated rings. The first-order valence-electron chi connectivity index (χ1n) is 3.63. The van der Waals surface area contributed by atoms with Crippen molar-refractivity contribution in [3.05, 3.63) is 0 Å². The van der Waals surface area contributed by atoms with E-state index in [1.807, 2.05) is 0 Å². The lowest BCUT2D eigenvalue weighted by Crippen LogP contribution is -2.28. The Morgan fingerprint density at radius 3 is 2.77 bits per heavy atom. The average Bonchev–Trinajstić information content (AvgIpc) is 2.33. The van der Waals surface area contributed by atoms with Crippen molar-refractivity contribution >= 4 is 32.7 Å². The van der Waals surface area contributed by atoms with Crippen molar-refractivity contribution in [2.75, 3.05) is 24.3 Å². The Hall–Kier alpha value is -0.560. The molecular weight excluding hydrogens is 212 g/mol. The molecule has 1 aliphatic rings. The Bertz CT molecular complexity index is 334. The molecule has 0 spiro atoms. The predicted octanol–water partition coefficient (Wildman–Crippen LogP) is -0.114. The molecule has 1 amide bonds. The summed E-state index contributed by atoms with van der Waals surface area (Å²) in [6.07, 6.45) is 1.17. The van der Waals surface area contributed by atoms with Gasteiger partial charge in [-0.3, -0.25) is 4.79 Å². The lowest BCUT2D eigenvalue weighted by molar-refractivity contribution is 0.268. The Labute approximate surface area is 80.9 Å². The van der Waals surface area contributed by atoms with Crippen LogP contribution in [0.15, 0.2) is 4.99 Å². The third kappa shape index (κ3) is 4.28. The zero-order valence-corrected chi connectivity index (χ0v) is 8.74. The molecule has 0 aromatic carbocycles. The molecule has 74 valence electrons. The van der Waals surface area contributed by atoms with Gasteiger partial charge in [-0.2, -0.15) is 4.99 Å². The van der Waals surface area contributed by atoms with Crippen LogP contribution in [0.4, 0.5) is 4.79 Å². The number of carbonyl (C=O) groups is 1. The first-order valence-corrected chi connectivity index (χ1v) is 6.68. The molecular formula is C6H10N2O3S2. The van der Waals surface area contributed by atoms with E-state index >= 15 is 0 Å². The number of nitrogens with one attached hydrogen (secondary N) is 1. The van der Waals surface area contributed by atoms with Gasteiger partial charge in [0.15, 0.2) is 0 Å². The molecule has 1 heterocycles. The van der Waals surface area contributed by atoms with Crippen molar-refractivity contribution in [3.8, 4) is 0 Å². The van der Waals surface area contributed by atoms with Gasteiger partial charge in [-0.15, -0.1) is 0 Å². The molecule has 7 heteroatoms. The minimum atomic E-state index is -2.94. The van der Waals surface area contributed by atoms with E-state index < -0.39 is 9.84 Å². The molecule has 0 radical (unpaired) electrons. The van der Waals surface area contributed by atoms with E-state index in [-0.39, 0.29) is 11.0 Å². The van der Waals surface area contributed by atoms with E-state index in [9.17, 15) is 13.2 Å². The van der Waals surface area contributed by atoms with Gasteiger partial charge < -0.3 is 5.32 Å². The van der Waals surface area contributed by atoms with E-state index in [1.165, 1.54) is 6.26 Å². The highest BCUT2D eigenvalue weighted by atomic mass is 32.2. The molecule has 0 aromatic rings. The molecule has 1 N–H and O–H groups in total. The maximum Gasteiger partial charge on any atom is 0.306 e. The number of rotatable bonds is 3. The molecule has 1 aliphatic heterocycles. The van der Waals surface area contributed by atoms with Crippen molar-refractivity contribution < 1.29 is 13.2 Å². The summed E-state index contributed by atoms with van der Waals surface area (Å²) in [6, 6.07) is 0. The summed E-state index contributed by atoms with van der Waals surface area (Å²) in [5, 5.41) is 2.58. The molecule has 0 bridgehead atoms. The van der Waals surface area contributed by atoms with E-state index in [0.29, 0.717) is 18.1 Å². The molecule has 0 saturated carbocycles. The van der Waals surface area contributed by atoms with Gasteiger partial charge in [-0.25, -0.2) is 8.42 Å². The second-order valence-electron chi connectivity index (χ2n) is 2.67. The van der Waals surface area contributed by atoms with E-state index in [4.69, 9.17) is 0 Å². The summed E-state index contributed by atoms with van der Waals surface area (Å²) < 4.78 is 21.4. The van der Waals surface area contributed by atoms with Crippen molar-refractivity contribution in [2.45, 2.75) is 0 Å². The number of nitrogens with zero attached hydrogens (tertiary/aromatic N) is 1. The fourth-order valence-corrected chi connectivity index (χ4v) is 1.85. The number of hydrogen-bond acceptors (Lipinski definition) is 5. The third-order valence-electron chi connectivity index (χ3n) is 1.36. The van der Waals surface area contributed by atoms with Crippen molar-refractivity contribution in [1.29, 1.82) is 0 Å². The largest absolute Gasteiger partial charge is 0.372 e. The summed E-state index contributed by atoms with van der Waals surface area (Å²) in [7, 11) is -2.94. The van der Waals surface area contributed by atoms with E-state index in [0.717, 1.165) is 11.8 Å². The maximum atomic E-state index is 10.7. The highest BCUT2D eigenvalue weighted by molar-refractivity contribution is 8.14. The number of carbonyl (C=O) groups excluding carboxylic acids is 1. The summed E-state index contributed by atoms with van der Waals surface area (Å²) >= 11 is 1.11. The Morgan fingerprint density at radius 1 is 1.62 bits per heavy atom. The van der Waals surface area contributed by atoms with Crippen LogP contribution in [0.25, 0.3) is 0 Å². The molecule has 13 heavy (non-hydrogen) atoms. The Morgan fingerprint density at radius 2 is 2.31 bits per heavy atom. The van der Waals surface area contributed by atoms with Crippen LogP contribution in [0.3, 0.4) is 0 Å². The van der Waals surface area contributed by atoms with Crippen LogP contribution in [0.5, 0.6) is 0 Å². The highest BCUT2D eigenvalue weighted by Gasteiger charge is 2.14. The summed E-state index contributed by atoms with van der Waals surface area (Å²) in [4.78, 5) is 14.3. The third-order valence-corrected chi connectivity index (χ3v) is 3.06. The first-order chi connectivity index (χ1) is 5.97. The minimum absolute atomic E-state index is 0.0604. The number of sulfone groups is 1. The van der Waals surface area contributed by atoms with Gasteiger partial charge in [0.1, 0.15) is 15.7 Å². The maximum absolute atomic E-state index is 10.7. The van der Waals surface area contributed by atoms with Gasteiger partial charge in [0.05, 0.1) is 11.5 Å². The van der Waals surface area contributed by atoms with Gasteiger partial charge in [0, 0.05) is 12.8 Å². The number of amidine groups is 1. The summed E-state index contributed by atoms with van der Waals surface area (Å²) in [5.41, 5.74) is 0. The lowest BCUT2D eigenvalue weighted by Gasteiger charge is -2.02. The van der Waals surface area contributed by atoms with Gasteiger partial charge in [-0.1, -0.05) is 11.8 Å². The monoisotopic (exact) mass is 222 g/mol. The molecule has 0 aromatic heterocycles. The van der Waals surface area contributed by atoms with Crippen molar-refractivity contribution in [3.63, 3.8) is 0 Å².